The van der Waals surface area contributed by atoms with Crippen molar-refractivity contribution in [3.05, 3.63) is 11.7 Å². The summed E-state index contributed by atoms with van der Waals surface area (Å²) in [5.74, 6) is -3.00. The SMILES string of the molecule is CC(=O)[C@H](CC(=O)O)NC(=O)N[C@@H](CCCNC(=N)N)c1nc([C@@H](N)CCC(=O)O)no1. The van der Waals surface area contributed by atoms with E-state index in [-0.39, 0.29) is 36.9 Å². The number of amides is 2. The number of guanidine groups is 1. The smallest absolute Gasteiger partial charge is 0.316 e. The van der Waals surface area contributed by atoms with Crippen LogP contribution >= 0.6 is 0 Å². The van der Waals surface area contributed by atoms with Gasteiger partial charge in [-0.2, -0.15) is 4.98 Å². The number of ketones is 1. The topological polar surface area (TPSA) is 260 Å². The average Bonchev–Trinajstić information content (AvgIpc) is 3.17. The summed E-state index contributed by atoms with van der Waals surface area (Å²) >= 11 is 0. The number of hydrogen-bond donors (Lipinski definition) is 8. The second kappa shape index (κ2) is 12.8. The summed E-state index contributed by atoms with van der Waals surface area (Å²) in [5, 5.41) is 36.0. The van der Waals surface area contributed by atoms with E-state index in [1.165, 1.54) is 0 Å². The van der Waals surface area contributed by atoms with Crippen LogP contribution in [0.5, 0.6) is 0 Å². The second-order valence-corrected chi connectivity index (χ2v) is 6.94. The van der Waals surface area contributed by atoms with Crippen LogP contribution in [0.15, 0.2) is 4.52 Å². The van der Waals surface area contributed by atoms with Crippen LogP contribution < -0.4 is 27.4 Å². The fraction of sp³-hybridized carbons (Fsp3) is 0.588. The lowest BCUT2D eigenvalue weighted by Crippen LogP contribution is -2.47. The van der Waals surface area contributed by atoms with Crippen molar-refractivity contribution in [2.45, 2.75) is 57.2 Å². The molecule has 10 N–H and O–H groups in total. The van der Waals surface area contributed by atoms with Gasteiger partial charge >= 0.3 is 18.0 Å². The molecule has 0 aromatic carbocycles. The number of carbonyl (C=O) groups excluding carboxylic acids is 2. The first-order valence-corrected chi connectivity index (χ1v) is 9.67. The summed E-state index contributed by atoms with van der Waals surface area (Å²) in [6.07, 6.45) is -0.0340. The fourth-order valence-electron chi connectivity index (χ4n) is 2.56. The van der Waals surface area contributed by atoms with E-state index in [1.807, 2.05) is 0 Å². The minimum Gasteiger partial charge on any atom is -0.481 e. The van der Waals surface area contributed by atoms with Gasteiger partial charge in [-0.3, -0.25) is 19.8 Å². The molecule has 0 fully saturated rings. The Morgan fingerprint density at radius 2 is 1.84 bits per heavy atom. The molecule has 1 aromatic heterocycles. The number of nitrogens with zero attached hydrogens (tertiary/aromatic N) is 2. The largest absolute Gasteiger partial charge is 0.481 e. The quantitative estimate of drug-likeness (QED) is 0.0949. The number of rotatable bonds is 14. The lowest BCUT2D eigenvalue weighted by atomic mass is 10.1. The highest BCUT2D eigenvalue weighted by Gasteiger charge is 2.26. The van der Waals surface area contributed by atoms with Gasteiger partial charge in [0.1, 0.15) is 6.04 Å². The second-order valence-electron chi connectivity index (χ2n) is 6.94. The van der Waals surface area contributed by atoms with Crippen molar-refractivity contribution >= 4 is 29.7 Å². The predicted molar refractivity (Wildman–Crippen MR) is 108 cm³/mol. The number of nitrogens with two attached hydrogens (primary N) is 2. The molecule has 0 saturated carbocycles. The van der Waals surface area contributed by atoms with Gasteiger partial charge in [-0.1, -0.05) is 5.16 Å². The molecule has 32 heavy (non-hydrogen) atoms. The minimum absolute atomic E-state index is 0.0126. The summed E-state index contributed by atoms with van der Waals surface area (Å²) in [6, 6.07) is -3.69. The third kappa shape index (κ3) is 9.84. The Labute approximate surface area is 182 Å². The Balaban J connectivity index is 2.89. The van der Waals surface area contributed by atoms with Crippen LogP contribution in [0.4, 0.5) is 4.79 Å². The lowest BCUT2D eigenvalue weighted by molar-refractivity contribution is -0.139. The van der Waals surface area contributed by atoms with Crippen LogP contribution in [-0.2, 0) is 14.4 Å². The van der Waals surface area contributed by atoms with Crippen LogP contribution in [0.2, 0.25) is 0 Å². The van der Waals surface area contributed by atoms with E-state index in [0.717, 1.165) is 6.92 Å². The van der Waals surface area contributed by atoms with Gasteiger partial charge in [0.25, 0.3) is 0 Å². The Morgan fingerprint density at radius 1 is 1.16 bits per heavy atom. The summed E-state index contributed by atoms with van der Waals surface area (Å²) in [6.45, 7) is 1.46. The molecule has 0 radical (unpaired) electrons. The third-order valence-electron chi connectivity index (χ3n) is 4.22. The maximum Gasteiger partial charge on any atom is 0.316 e. The zero-order valence-corrected chi connectivity index (χ0v) is 17.5. The first-order valence-electron chi connectivity index (χ1n) is 9.67. The molecule has 0 aliphatic heterocycles. The highest BCUT2D eigenvalue weighted by Crippen LogP contribution is 2.20. The van der Waals surface area contributed by atoms with Crippen molar-refractivity contribution in [2.24, 2.45) is 11.5 Å². The molecule has 0 spiro atoms. The highest BCUT2D eigenvalue weighted by molar-refractivity contribution is 5.90. The zero-order valence-electron chi connectivity index (χ0n) is 17.5. The molecular formula is C17H28N8O7. The van der Waals surface area contributed by atoms with Gasteiger partial charge < -0.3 is 42.2 Å². The van der Waals surface area contributed by atoms with E-state index in [1.54, 1.807) is 0 Å². The van der Waals surface area contributed by atoms with E-state index in [2.05, 4.69) is 26.1 Å². The van der Waals surface area contributed by atoms with Crippen molar-refractivity contribution in [3.63, 3.8) is 0 Å². The monoisotopic (exact) mass is 456 g/mol. The predicted octanol–water partition coefficient (Wildman–Crippen LogP) is -1.03. The van der Waals surface area contributed by atoms with Gasteiger partial charge in [-0.25, -0.2) is 4.79 Å². The number of aromatic nitrogens is 2. The Bertz CT molecular complexity index is 828. The first-order chi connectivity index (χ1) is 15.0. The van der Waals surface area contributed by atoms with Crippen molar-refractivity contribution in [1.29, 1.82) is 5.41 Å². The number of nitrogens with one attached hydrogen (secondary N) is 4. The number of urea groups is 1. The van der Waals surface area contributed by atoms with Crippen molar-refractivity contribution in [3.8, 4) is 0 Å². The minimum atomic E-state index is -1.26. The highest BCUT2D eigenvalue weighted by atomic mass is 16.5. The van der Waals surface area contributed by atoms with Crippen molar-refractivity contribution in [1.82, 2.24) is 26.1 Å². The molecule has 3 atom stereocenters. The van der Waals surface area contributed by atoms with Gasteiger partial charge in [0.2, 0.25) is 5.89 Å². The number of hydrogen-bond acceptors (Lipinski definition) is 9. The molecule has 0 unspecified atom stereocenters. The first kappa shape index (κ1) is 26.3. The van der Waals surface area contributed by atoms with Gasteiger partial charge in [0, 0.05) is 13.0 Å². The van der Waals surface area contributed by atoms with E-state index in [0.29, 0.717) is 13.0 Å². The lowest BCUT2D eigenvalue weighted by Gasteiger charge is -2.19. The Morgan fingerprint density at radius 3 is 2.41 bits per heavy atom. The summed E-state index contributed by atoms with van der Waals surface area (Å²) in [4.78, 5) is 49.7. The molecule has 0 aliphatic carbocycles. The molecule has 0 saturated heterocycles. The molecule has 15 nitrogen and oxygen atoms in total. The molecule has 1 aromatic rings. The Hall–Kier alpha value is -3.75. The van der Waals surface area contributed by atoms with Crippen LogP contribution in [0.1, 0.15) is 62.8 Å². The van der Waals surface area contributed by atoms with Gasteiger partial charge in [0.05, 0.1) is 18.5 Å². The van der Waals surface area contributed by atoms with Gasteiger partial charge in [0.15, 0.2) is 17.6 Å². The summed E-state index contributed by atoms with van der Waals surface area (Å²) in [5.41, 5.74) is 11.1. The molecule has 178 valence electrons. The summed E-state index contributed by atoms with van der Waals surface area (Å²) < 4.78 is 5.17. The van der Waals surface area contributed by atoms with Crippen LogP contribution in [0.25, 0.3) is 0 Å². The number of aliphatic carboxylic acids is 2. The normalized spacial score (nSPS) is 13.4. The average molecular weight is 456 g/mol. The molecule has 0 aliphatic rings. The maximum absolute atomic E-state index is 12.4. The van der Waals surface area contributed by atoms with Crippen LogP contribution in [0.3, 0.4) is 0 Å². The molecule has 0 bridgehead atoms. The molecule has 2 amide bonds. The van der Waals surface area contributed by atoms with Crippen molar-refractivity contribution in [2.75, 3.05) is 6.54 Å². The molecule has 1 rings (SSSR count). The van der Waals surface area contributed by atoms with E-state index >= 15 is 0 Å². The van der Waals surface area contributed by atoms with E-state index in [4.69, 9.17) is 31.6 Å². The number of Topliss-reactive ketones (excluding diaryl/α,β-unsaturated/α-hetero) is 1. The van der Waals surface area contributed by atoms with Crippen LogP contribution in [0, 0.1) is 5.41 Å². The number of carboxylic acids is 2. The van der Waals surface area contributed by atoms with E-state index in [9.17, 15) is 19.2 Å². The standard InChI is InChI=1S/C17H28N8O7/c1-8(26)11(7-13(29)30)23-17(31)22-10(3-2-6-21-16(19)20)15-24-14(25-32-15)9(18)4-5-12(27)28/h9-11H,2-7,18H2,1H3,(H,27,28)(H,29,30)(H4,19,20,21)(H2,22,23,31)/t9-,10-,11-/m0/s1. The molecule has 1 heterocycles. The van der Waals surface area contributed by atoms with Crippen LogP contribution in [-0.4, -0.2) is 62.7 Å². The van der Waals surface area contributed by atoms with Crippen molar-refractivity contribution < 1.29 is 33.9 Å². The molecular weight excluding hydrogens is 428 g/mol. The third-order valence-corrected chi connectivity index (χ3v) is 4.22. The molecule has 15 heteroatoms. The summed E-state index contributed by atoms with van der Waals surface area (Å²) in [7, 11) is 0. The van der Waals surface area contributed by atoms with Gasteiger partial charge in [-0.15, -0.1) is 0 Å². The number of carbonyl (C=O) groups is 4. The van der Waals surface area contributed by atoms with Gasteiger partial charge in [-0.05, 0) is 26.2 Å². The Kier molecular flexibility index (Phi) is 10.5. The maximum atomic E-state index is 12.4. The number of carboxylic acid groups (broad SMARTS) is 2. The van der Waals surface area contributed by atoms with E-state index < -0.39 is 48.3 Å². The zero-order chi connectivity index (χ0) is 24.3. The fourth-order valence-corrected chi connectivity index (χ4v) is 2.56.